The summed E-state index contributed by atoms with van der Waals surface area (Å²) in [6.07, 6.45) is 6.24. The van der Waals surface area contributed by atoms with Crippen LogP contribution in [0.15, 0.2) is 12.3 Å². The van der Waals surface area contributed by atoms with Crippen LogP contribution in [-0.2, 0) is 6.54 Å². The van der Waals surface area contributed by atoms with Gasteiger partial charge in [0.15, 0.2) is 0 Å². The van der Waals surface area contributed by atoms with E-state index < -0.39 is 5.60 Å². The van der Waals surface area contributed by atoms with Crippen LogP contribution >= 0.6 is 0 Å². The van der Waals surface area contributed by atoms with Gasteiger partial charge in [-0.05, 0) is 38.7 Å². The van der Waals surface area contributed by atoms with Gasteiger partial charge in [-0.3, -0.25) is 4.68 Å². The molecule has 0 radical (unpaired) electrons. The van der Waals surface area contributed by atoms with Gasteiger partial charge in [0.25, 0.3) is 0 Å². The monoisotopic (exact) mass is 265 g/mol. The van der Waals surface area contributed by atoms with Crippen LogP contribution in [-0.4, -0.2) is 27.0 Å². The molecule has 19 heavy (non-hydrogen) atoms. The Kier molecular flexibility index (Phi) is 4.63. The van der Waals surface area contributed by atoms with Gasteiger partial charge in [-0.15, -0.1) is 0 Å². The molecule has 2 unspecified atom stereocenters. The topological polar surface area (TPSA) is 50.1 Å². The van der Waals surface area contributed by atoms with Crippen molar-refractivity contribution in [2.24, 2.45) is 5.92 Å². The van der Waals surface area contributed by atoms with E-state index in [1.165, 1.54) is 6.42 Å². The highest BCUT2D eigenvalue weighted by Crippen LogP contribution is 2.31. The van der Waals surface area contributed by atoms with Crippen LogP contribution in [0.3, 0.4) is 0 Å². The van der Waals surface area contributed by atoms with Crippen LogP contribution in [0.2, 0.25) is 0 Å². The maximum absolute atomic E-state index is 10.5. The Morgan fingerprint density at radius 3 is 3.00 bits per heavy atom. The van der Waals surface area contributed by atoms with Crippen molar-refractivity contribution in [2.75, 3.05) is 6.54 Å². The molecule has 1 aliphatic rings. The van der Waals surface area contributed by atoms with Gasteiger partial charge in [0.1, 0.15) is 0 Å². The zero-order valence-electron chi connectivity index (χ0n) is 12.4. The molecule has 1 fully saturated rings. The summed E-state index contributed by atoms with van der Waals surface area (Å²) in [7, 11) is 0. The predicted octanol–water partition coefficient (Wildman–Crippen LogP) is 2.49. The summed E-state index contributed by atoms with van der Waals surface area (Å²) in [5.41, 5.74) is 0.527. The number of nitrogens with one attached hydrogen (secondary N) is 1. The van der Waals surface area contributed by atoms with Crippen molar-refractivity contribution in [2.45, 2.75) is 64.6 Å². The summed E-state index contributed by atoms with van der Waals surface area (Å²) in [5.74, 6) is 0.640. The van der Waals surface area contributed by atoms with Gasteiger partial charge in [0.2, 0.25) is 0 Å². The van der Waals surface area contributed by atoms with E-state index in [1.807, 2.05) is 16.9 Å². The summed E-state index contributed by atoms with van der Waals surface area (Å²) >= 11 is 0. The van der Waals surface area contributed by atoms with E-state index in [0.29, 0.717) is 18.5 Å². The van der Waals surface area contributed by atoms with E-state index >= 15 is 0 Å². The van der Waals surface area contributed by atoms with Gasteiger partial charge in [0, 0.05) is 25.3 Å². The molecule has 1 saturated carbocycles. The molecule has 0 spiro atoms. The van der Waals surface area contributed by atoms with Gasteiger partial charge in [0.05, 0.1) is 11.3 Å². The highest BCUT2D eigenvalue weighted by molar-refractivity contribution is 4.99. The Labute approximate surface area is 116 Å². The average molecular weight is 265 g/mol. The first-order valence-electron chi connectivity index (χ1n) is 7.46. The lowest BCUT2D eigenvalue weighted by molar-refractivity contribution is -0.0119. The first kappa shape index (κ1) is 14.5. The molecule has 4 heteroatoms. The molecular formula is C15H27N3O. The van der Waals surface area contributed by atoms with Gasteiger partial charge in [-0.1, -0.05) is 19.8 Å². The van der Waals surface area contributed by atoms with Crippen molar-refractivity contribution < 1.29 is 5.11 Å². The summed E-state index contributed by atoms with van der Waals surface area (Å²) in [4.78, 5) is 0. The molecule has 2 atom stereocenters. The molecule has 1 aliphatic carbocycles. The van der Waals surface area contributed by atoms with Crippen molar-refractivity contribution in [3.63, 3.8) is 0 Å². The third kappa shape index (κ3) is 4.05. The smallest absolute Gasteiger partial charge is 0.0774 e. The molecule has 0 amide bonds. The minimum Gasteiger partial charge on any atom is -0.389 e. The SMILES string of the molecule is CC1CCCC(O)(CNCc2ccn(C(C)C)n2)C1. The molecule has 4 nitrogen and oxygen atoms in total. The maximum atomic E-state index is 10.5. The van der Waals surface area contributed by atoms with Crippen molar-refractivity contribution >= 4 is 0 Å². The van der Waals surface area contributed by atoms with Crippen molar-refractivity contribution in [1.29, 1.82) is 0 Å². The van der Waals surface area contributed by atoms with E-state index in [2.05, 4.69) is 31.2 Å². The van der Waals surface area contributed by atoms with E-state index in [-0.39, 0.29) is 0 Å². The first-order valence-corrected chi connectivity index (χ1v) is 7.46. The second-order valence-corrected chi connectivity index (χ2v) is 6.41. The molecule has 2 rings (SSSR count). The third-order valence-electron chi connectivity index (χ3n) is 4.02. The van der Waals surface area contributed by atoms with Crippen LogP contribution in [0.1, 0.15) is 58.2 Å². The number of hydrogen-bond donors (Lipinski definition) is 2. The Morgan fingerprint density at radius 2 is 2.37 bits per heavy atom. The maximum Gasteiger partial charge on any atom is 0.0774 e. The van der Waals surface area contributed by atoms with Gasteiger partial charge in [-0.2, -0.15) is 5.10 Å². The van der Waals surface area contributed by atoms with Gasteiger partial charge in [-0.25, -0.2) is 0 Å². The predicted molar refractivity (Wildman–Crippen MR) is 76.9 cm³/mol. The van der Waals surface area contributed by atoms with Crippen molar-refractivity contribution in [3.05, 3.63) is 18.0 Å². The second-order valence-electron chi connectivity index (χ2n) is 6.41. The largest absolute Gasteiger partial charge is 0.389 e. The fourth-order valence-electron chi connectivity index (χ4n) is 2.98. The lowest BCUT2D eigenvalue weighted by atomic mass is 9.79. The Morgan fingerprint density at radius 1 is 1.58 bits per heavy atom. The van der Waals surface area contributed by atoms with Crippen LogP contribution in [0, 0.1) is 5.92 Å². The molecule has 0 aromatic carbocycles. The molecule has 0 bridgehead atoms. The number of nitrogens with zero attached hydrogens (tertiary/aromatic N) is 2. The molecule has 1 heterocycles. The summed E-state index contributed by atoms with van der Waals surface area (Å²) < 4.78 is 1.97. The van der Waals surface area contributed by atoms with E-state index in [4.69, 9.17) is 0 Å². The van der Waals surface area contributed by atoms with E-state index in [9.17, 15) is 5.11 Å². The fraction of sp³-hybridized carbons (Fsp3) is 0.800. The molecule has 108 valence electrons. The van der Waals surface area contributed by atoms with E-state index in [1.54, 1.807) is 0 Å². The van der Waals surface area contributed by atoms with Gasteiger partial charge >= 0.3 is 0 Å². The highest BCUT2D eigenvalue weighted by atomic mass is 16.3. The Bertz CT molecular complexity index is 402. The third-order valence-corrected chi connectivity index (χ3v) is 4.02. The normalized spacial score (nSPS) is 27.9. The fourth-order valence-corrected chi connectivity index (χ4v) is 2.98. The zero-order valence-corrected chi connectivity index (χ0v) is 12.4. The van der Waals surface area contributed by atoms with Crippen LogP contribution in [0.5, 0.6) is 0 Å². The van der Waals surface area contributed by atoms with Crippen LogP contribution < -0.4 is 5.32 Å². The average Bonchev–Trinajstić information content (AvgIpc) is 2.77. The molecule has 0 saturated heterocycles. The summed E-state index contributed by atoms with van der Waals surface area (Å²) in [6.45, 7) is 7.88. The highest BCUT2D eigenvalue weighted by Gasteiger charge is 2.31. The number of hydrogen-bond acceptors (Lipinski definition) is 3. The summed E-state index contributed by atoms with van der Waals surface area (Å²) in [5, 5.41) is 18.4. The lowest BCUT2D eigenvalue weighted by Crippen LogP contribution is -2.43. The summed E-state index contributed by atoms with van der Waals surface area (Å²) in [6, 6.07) is 2.44. The second kappa shape index (κ2) is 6.06. The Balaban J connectivity index is 1.79. The van der Waals surface area contributed by atoms with Crippen molar-refractivity contribution in [1.82, 2.24) is 15.1 Å². The molecule has 1 aromatic rings. The minimum absolute atomic E-state index is 0.400. The number of aromatic nitrogens is 2. The van der Waals surface area contributed by atoms with Crippen LogP contribution in [0.25, 0.3) is 0 Å². The molecule has 0 aliphatic heterocycles. The quantitative estimate of drug-likeness (QED) is 0.860. The standard InChI is InChI=1S/C15H27N3O/c1-12(2)18-8-6-14(17-18)10-16-11-15(19)7-4-5-13(3)9-15/h6,8,12-13,16,19H,4-5,7,9-11H2,1-3H3. The molecule has 2 N–H and O–H groups in total. The number of aliphatic hydroxyl groups is 1. The minimum atomic E-state index is -0.516. The Hall–Kier alpha value is -0.870. The van der Waals surface area contributed by atoms with Crippen molar-refractivity contribution in [3.8, 4) is 0 Å². The lowest BCUT2D eigenvalue weighted by Gasteiger charge is -2.35. The number of rotatable bonds is 5. The zero-order chi connectivity index (χ0) is 13.9. The molecular weight excluding hydrogens is 238 g/mol. The van der Waals surface area contributed by atoms with Gasteiger partial charge < -0.3 is 10.4 Å². The molecule has 1 aromatic heterocycles. The first-order chi connectivity index (χ1) is 8.98. The van der Waals surface area contributed by atoms with Crippen LogP contribution in [0.4, 0.5) is 0 Å². The van der Waals surface area contributed by atoms with E-state index in [0.717, 1.165) is 31.5 Å².